The molecule has 0 radical (unpaired) electrons. The lowest BCUT2D eigenvalue weighted by molar-refractivity contribution is -0.146. The first-order valence-corrected chi connectivity index (χ1v) is 7.26. The lowest BCUT2D eigenvalue weighted by atomic mass is 9.97. The van der Waals surface area contributed by atoms with Crippen molar-refractivity contribution in [3.8, 4) is 0 Å². The number of methoxy groups -OCH3 is 1. The van der Waals surface area contributed by atoms with Gasteiger partial charge < -0.3 is 24.4 Å². The number of aliphatic hydroxyl groups is 2. The molecule has 2 N–H and O–H groups in total. The lowest BCUT2D eigenvalue weighted by Gasteiger charge is -2.30. The maximum atomic E-state index is 10.0. The molecule has 1 aliphatic heterocycles. The summed E-state index contributed by atoms with van der Waals surface area (Å²) in [7, 11) is 1.63. The Kier molecular flexibility index (Phi) is 6.14. The topological polar surface area (TPSA) is 68.2 Å². The van der Waals surface area contributed by atoms with E-state index in [-0.39, 0.29) is 24.7 Å². The monoisotopic (exact) mass is 296 g/mol. The highest BCUT2D eigenvalue weighted by Gasteiger charge is 2.43. The van der Waals surface area contributed by atoms with Crippen LogP contribution in [-0.4, -0.2) is 55.0 Å². The molecule has 5 nitrogen and oxygen atoms in total. The van der Waals surface area contributed by atoms with Crippen LogP contribution < -0.4 is 0 Å². The van der Waals surface area contributed by atoms with E-state index in [1.165, 1.54) is 0 Å². The van der Waals surface area contributed by atoms with Gasteiger partial charge in [-0.05, 0) is 5.56 Å². The molecule has 21 heavy (non-hydrogen) atoms. The quantitative estimate of drug-likeness (QED) is 0.785. The Hall–Kier alpha value is -0.980. The third-order valence-corrected chi connectivity index (χ3v) is 3.88. The van der Waals surface area contributed by atoms with Crippen LogP contribution in [0, 0.1) is 5.92 Å². The molecular formula is C16H24O5. The highest BCUT2D eigenvalue weighted by atomic mass is 16.6. The fraction of sp³-hybridized carbons (Fsp3) is 0.625. The number of aliphatic hydroxyl groups excluding tert-OH is 2. The van der Waals surface area contributed by atoms with Gasteiger partial charge in [0.2, 0.25) is 0 Å². The molecule has 1 saturated heterocycles. The summed E-state index contributed by atoms with van der Waals surface area (Å²) >= 11 is 0. The number of benzene rings is 1. The van der Waals surface area contributed by atoms with Crippen molar-refractivity contribution >= 4 is 0 Å². The predicted molar refractivity (Wildman–Crippen MR) is 77.8 cm³/mol. The zero-order valence-corrected chi connectivity index (χ0v) is 12.5. The Bertz CT molecular complexity index is 410. The Morgan fingerprint density at radius 2 is 2.05 bits per heavy atom. The van der Waals surface area contributed by atoms with E-state index in [9.17, 15) is 10.2 Å². The van der Waals surface area contributed by atoms with Crippen LogP contribution >= 0.6 is 0 Å². The summed E-state index contributed by atoms with van der Waals surface area (Å²) in [6.07, 6.45) is -2.14. The van der Waals surface area contributed by atoms with Gasteiger partial charge in [0.25, 0.3) is 0 Å². The Balaban J connectivity index is 2.04. The summed E-state index contributed by atoms with van der Waals surface area (Å²) in [6.45, 7) is 2.58. The van der Waals surface area contributed by atoms with Gasteiger partial charge in [0.1, 0.15) is 18.3 Å². The number of hydrogen-bond acceptors (Lipinski definition) is 5. The molecule has 1 heterocycles. The molecule has 2 rings (SSSR count). The van der Waals surface area contributed by atoms with Crippen LogP contribution in [0.3, 0.4) is 0 Å². The van der Waals surface area contributed by atoms with E-state index < -0.39 is 12.2 Å². The summed E-state index contributed by atoms with van der Waals surface area (Å²) in [5.41, 5.74) is 1.01. The molecule has 1 fully saturated rings. The SMILES string of the molecule is CO[C@@H]1[C@@H]([C@@H](OCc2ccccc2)[C@H](O)CO)OC[C@@H]1C. The normalized spacial score (nSPS) is 28.5. The molecule has 1 aromatic rings. The molecule has 118 valence electrons. The lowest BCUT2D eigenvalue weighted by Crippen LogP contribution is -2.47. The maximum Gasteiger partial charge on any atom is 0.115 e. The fourth-order valence-corrected chi connectivity index (χ4v) is 2.72. The minimum atomic E-state index is -0.998. The van der Waals surface area contributed by atoms with Crippen molar-refractivity contribution < 1.29 is 24.4 Å². The highest BCUT2D eigenvalue weighted by molar-refractivity contribution is 5.13. The molecule has 1 aliphatic rings. The van der Waals surface area contributed by atoms with E-state index in [2.05, 4.69) is 0 Å². The number of hydrogen-bond donors (Lipinski definition) is 2. The molecule has 0 saturated carbocycles. The number of rotatable bonds is 7. The van der Waals surface area contributed by atoms with Crippen LogP contribution in [0.1, 0.15) is 12.5 Å². The summed E-state index contributed by atoms with van der Waals surface area (Å²) in [5.74, 6) is 0.230. The third-order valence-electron chi connectivity index (χ3n) is 3.88. The van der Waals surface area contributed by atoms with Crippen LogP contribution in [0.2, 0.25) is 0 Å². The van der Waals surface area contributed by atoms with E-state index in [1.807, 2.05) is 37.3 Å². The molecule has 0 unspecified atom stereocenters. The van der Waals surface area contributed by atoms with Gasteiger partial charge in [-0.25, -0.2) is 0 Å². The standard InChI is InChI=1S/C16H24O5/c1-11-9-20-16(14(11)19-2)15(13(18)8-17)21-10-12-6-4-3-5-7-12/h3-7,11,13-18H,8-10H2,1-2H3/t11-,13+,14-,15-,16-/m0/s1. The van der Waals surface area contributed by atoms with Gasteiger partial charge in [-0.15, -0.1) is 0 Å². The second-order valence-corrected chi connectivity index (χ2v) is 5.49. The molecule has 5 atom stereocenters. The Morgan fingerprint density at radius 3 is 2.67 bits per heavy atom. The smallest absolute Gasteiger partial charge is 0.115 e. The van der Waals surface area contributed by atoms with Gasteiger partial charge in [-0.1, -0.05) is 37.3 Å². The fourth-order valence-electron chi connectivity index (χ4n) is 2.72. The maximum absolute atomic E-state index is 10.0. The average Bonchev–Trinajstić information content (AvgIpc) is 2.89. The van der Waals surface area contributed by atoms with E-state index >= 15 is 0 Å². The second kappa shape index (κ2) is 7.87. The molecule has 5 heteroatoms. The van der Waals surface area contributed by atoms with Gasteiger partial charge in [0.15, 0.2) is 0 Å². The van der Waals surface area contributed by atoms with E-state index in [0.717, 1.165) is 5.56 Å². The van der Waals surface area contributed by atoms with Crippen molar-refractivity contribution in [2.45, 2.75) is 37.9 Å². The molecule has 0 spiro atoms. The first-order valence-electron chi connectivity index (χ1n) is 7.26. The van der Waals surface area contributed by atoms with Crippen LogP contribution in [0.15, 0.2) is 30.3 Å². The van der Waals surface area contributed by atoms with Crippen LogP contribution in [0.4, 0.5) is 0 Å². The van der Waals surface area contributed by atoms with Crippen molar-refractivity contribution in [1.29, 1.82) is 0 Å². The van der Waals surface area contributed by atoms with Crippen LogP contribution in [0.25, 0.3) is 0 Å². The Labute approximate surface area is 125 Å². The molecule has 0 bridgehead atoms. The first kappa shape index (κ1) is 16.4. The van der Waals surface area contributed by atoms with Gasteiger partial charge in [-0.2, -0.15) is 0 Å². The summed E-state index contributed by atoms with van der Waals surface area (Å²) in [5, 5.41) is 19.3. The van der Waals surface area contributed by atoms with Crippen molar-refractivity contribution in [2.24, 2.45) is 5.92 Å². The second-order valence-electron chi connectivity index (χ2n) is 5.49. The third kappa shape index (κ3) is 4.02. The van der Waals surface area contributed by atoms with Gasteiger partial charge >= 0.3 is 0 Å². The van der Waals surface area contributed by atoms with E-state index in [4.69, 9.17) is 14.2 Å². The van der Waals surface area contributed by atoms with Crippen molar-refractivity contribution in [3.05, 3.63) is 35.9 Å². The zero-order chi connectivity index (χ0) is 15.2. The summed E-state index contributed by atoms with van der Waals surface area (Å²) < 4.78 is 17.0. The zero-order valence-electron chi connectivity index (χ0n) is 12.5. The van der Waals surface area contributed by atoms with Gasteiger partial charge in [0, 0.05) is 13.0 Å². The van der Waals surface area contributed by atoms with Gasteiger partial charge in [0.05, 0.1) is 25.9 Å². The average molecular weight is 296 g/mol. The molecule has 0 aromatic heterocycles. The van der Waals surface area contributed by atoms with E-state index in [0.29, 0.717) is 13.2 Å². The highest BCUT2D eigenvalue weighted by Crippen LogP contribution is 2.28. The van der Waals surface area contributed by atoms with Crippen molar-refractivity contribution in [3.63, 3.8) is 0 Å². The van der Waals surface area contributed by atoms with E-state index in [1.54, 1.807) is 7.11 Å². The van der Waals surface area contributed by atoms with Crippen molar-refractivity contribution in [2.75, 3.05) is 20.3 Å². The van der Waals surface area contributed by atoms with Crippen LogP contribution in [-0.2, 0) is 20.8 Å². The van der Waals surface area contributed by atoms with Gasteiger partial charge in [-0.3, -0.25) is 0 Å². The summed E-state index contributed by atoms with van der Waals surface area (Å²) in [4.78, 5) is 0. The largest absolute Gasteiger partial charge is 0.394 e. The van der Waals surface area contributed by atoms with Crippen molar-refractivity contribution in [1.82, 2.24) is 0 Å². The molecule has 0 amide bonds. The first-order chi connectivity index (χ1) is 10.2. The Morgan fingerprint density at radius 1 is 1.33 bits per heavy atom. The van der Waals surface area contributed by atoms with Crippen LogP contribution in [0.5, 0.6) is 0 Å². The molecule has 1 aromatic carbocycles. The minimum Gasteiger partial charge on any atom is -0.394 e. The minimum absolute atomic E-state index is 0.146. The molecular weight excluding hydrogens is 272 g/mol. The predicted octanol–water partition coefficient (Wildman–Crippen LogP) is 0.975. The number of ether oxygens (including phenoxy) is 3. The summed E-state index contributed by atoms with van der Waals surface area (Å²) in [6, 6.07) is 9.71. The molecule has 0 aliphatic carbocycles.